The van der Waals surface area contributed by atoms with E-state index in [-0.39, 0.29) is 11.8 Å². The smallest absolute Gasteiger partial charge is 0.229 e. The van der Waals surface area contributed by atoms with Crippen LogP contribution in [0.15, 0.2) is 12.1 Å². The number of carbonyl (C=O) groups is 1. The van der Waals surface area contributed by atoms with E-state index < -0.39 is 0 Å². The van der Waals surface area contributed by atoms with Crippen molar-refractivity contribution in [2.45, 2.75) is 13.3 Å². The van der Waals surface area contributed by atoms with Gasteiger partial charge < -0.3 is 15.8 Å². The van der Waals surface area contributed by atoms with Crippen molar-refractivity contribution in [1.82, 2.24) is 4.98 Å². The van der Waals surface area contributed by atoms with Crippen molar-refractivity contribution >= 4 is 38.3 Å². The maximum absolute atomic E-state index is 11.9. The van der Waals surface area contributed by atoms with Crippen molar-refractivity contribution in [3.05, 3.63) is 12.1 Å². The van der Waals surface area contributed by atoms with Gasteiger partial charge in [0.25, 0.3) is 0 Å². The number of rotatable bonds is 3. The van der Waals surface area contributed by atoms with E-state index in [2.05, 4.69) is 17.2 Å². The van der Waals surface area contributed by atoms with Crippen LogP contribution in [-0.4, -0.2) is 18.0 Å². The number of nitrogens with two attached hydrogens (primary N) is 1. The fraction of sp³-hybridized carbons (Fsp3) is 0.385. The van der Waals surface area contributed by atoms with Crippen LogP contribution in [0.2, 0.25) is 0 Å². The standard InChI is InChI=1S/C13H15N3O2S/c1-6-3-8(6)12(17)16-13-15-11-9(18-2)4-7(14)5-10(11)19-13/h4-6,8H,3,14H2,1-2H3,(H,15,16,17). The van der Waals surface area contributed by atoms with Crippen molar-refractivity contribution in [1.29, 1.82) is 0 Å². The third kappa shape index (κ3) is 2.23. The van der Waals surface area contributed by atoms with Gasteiger partial charge in [-0.05, 0) is 18.4 Å². The third-order valence-electron chi connectivity index (χ3n) is 3.38. The molecule has 1 saturated carbocycles. The van der Waals surface area contributed by atoms with E-state index in [0.717, 1.165) is 16.6 Å². The predicted octanol–water partition coefficient (Wildman–Crippen LogP) is 2.48. The molecule has 0 radical (unpaired) electrons. The summed E-state index contributed by atoms with van der Waals surface area (Å²) in [5.74, 6) is 1.31. The molecule has 1 fully saturated rings. The highest BCUT2D eigenvalue weighted by molar-refractivity contribution is 7.22. The van der Waals surface area contributed by atoms with Crippen LogP contribution < -0.4 is 15.8 Å². The first-order chi connectivity index (χ1) is 9.08. The summed E-state index contributed by atoms with van der Waals surface area (Å²) >= 11 is 1.41. The zero-order chi connectivity index (χ0) is 13.6. The highest BCUT2D eigenvalue weighted by atomic mass is 32.1. The van der Waals surface area contributed by atoms with E-state index in [9.17, 15) is 4.79 Å². The van der Waals surface area contributed by atoms with Gasteiger partial charge in [-0.15, -0.1) is 0 Å². The maximum Gasteiger partial charge on any atom is 0.229 e. The maximum atomic E-state index is 11.9. The van der Waals surface area contributed by atoms with E-state index in [1.807, 2.05) is 6.07 Å². The minimum atomic E-state index is 0.0542. The lowest BCUT2D eigenvalue weighted by Crippen LogP contribution is -2.14. The summed E-state index contributed by atoms with van der Waals surface area (Å²) in [6.45, 7) is 2.08. The van der Waals surface area contributed by atoms with Gasteiger partial charge in [0.05, 0.1) is 11.8 Å². The third-order valence-corrected chi connectivity index (χ3v) is 4.30. The Bertz CT molecular complexity index is 653. The van der Waals surface area contributed by atoms with Crippen LogP contribution in [0.1, 0.15) is 13.3 Å². The molecule has 1 amide bonds. The zero-order valence-corrected chi connectivity index (χ0v) is 11.6. The van der Waals surface area contributed by atoms with E-state index in [1.165, 1.54) is 11.3 Å². The average Bonchev–Trinajstić information content (AvgIpc) is 2.96. The summed E-state index contributed by atoms with van der Waals surface area (Å²) in [5, 5.41) is 3.47. The molecule has 5 nitrogen and oxygen atoms in total. The molecule has 100 valence electrons. The normalized spacial score (nSPS) is 21.4. The van der Waals surface area contributed by atoms with Crippen molar-refractivity contribution in [2.24, 2.45) is 11.8 Å². The topological polar surface area (TPSA) is 77.2 Å². The molecule has 1 aliphatic rings. The summed E-state index contributed by atoms with van der Waals surface area (Å²) in [7, 11) is 1.58. The number of hydrogen-bond acceptors (Lipinski definition) is 5. The Morgan fingerprint density at radius 2 is 2.32 bits per heavy atom. The molecule has 1 aromatic carbocycles. The molecule has 1 aliphatic carbocycles. The number of methoxy groups -OCH3 is 1. The highest BCUT2D eigenvalue weighted by Crippen LogP contribution is 2.40. The van der Waals surface area contributed by atoms with E-state index in [0.29, 0.717) is 22.5 Å². The van der Waals surface area contributed by atoms with Crippen LogP contribution in [0, 0.1) is 11.8 Å². The number of amides is 1. The first-order valence-corrected chi connectivity index (χ1v) is 6.95. The molecule has 3 N–H and O–H groups in total. The first kappa shape index (κ1) is 12.2. The number of benzene rings is 1. The Morgan fingerprint density at radius 1 is 1.58 bits per heavy atom. The van der Waals surface area contributed by atoms with Gasteiger partial charge in [0, 0.05) is 17.7 Å². The molecule has 3 rings (SSSR count). The van der Waals surface area contributed by atoms with Gasteiger partial charge in [-0.25, -0.2) is 4.98 Å². The second kappa shape index (κ2) is 4.38. The van der Waals surface area contributed by atoms with Crippen molar-refractivity contribution in [2.75, 3.05) is 18.2 Å². The molecule has 6 heteroatoms. The molecule has 2 unspecified atom stereocenters. The minimum absolute atomic E-state index is 0.0542. The van der Waals surface area contributed by atoms with Gasteiger partial charge >= 0.3 is 0 Å². The molecule has 0 saturated heterocycles. The van der Waals surface area contributed by atoms with Crippen molar-refractivity contribution < 1.29 is 9.53 Å². The Balaban J connectivity index is 1.91. The summed E-state index contributed by atoms with van der Waals surface area (Å²) in [6.07, 6.45) is 0.965. The number of nitrogens with zero attached hydrogens (tertiary/aromatic N) is 1. The van der Waals surface area contributed by atoms with Crippen LogP contribution in [0.25, 0.3) is 10.2 Å². The van der Waals surface area contributed by atoms with E-state index >= 15 is 0 Å². The number of ether oxygens (including phenoxy) is 1. The number of nitrogens with one attached hydrogen (secondary N) is 1. The Hall–Kier alpha value is -1.82. The van der Waals surface area contributed by atoms with Crippen molar-refractivity contribution in [3.63, 3.8) is 0 Å². The fourth-order valence-electron chi connectivity index (χ4n) is 2.11. The summed E-state index contributed by atoms with van der Waals surface area (Å²) in [6, 6.07) is 3.57. The van der Waals surface area contributed by atoms with Gasteiger partial charge in [0.2, 0.25) is 5.91 Å². The van der Waals surface area contributed by atoms with Gasteiger partial charge in [-0.3, -0.25) is 4.79 Å². The number of fused-ring (bicyclic) bond motifs is 1. The first-order valence-electron chi connectivity index (χ1n) is 6.13. The van der Waals surface area contributed by atoms with Crippen molar-refractivity contribution in [3.8, 4) is 5.75 Å². The molecular formula is C13H15N3O2S. The molecule has 19 heavy (non-hydrogen) atoms. The predicted molar refractivity (Wildman–Crippen MR) is 76.5 cm³/mol. The molecular weight excluding hydrogens is 262 g/mol. The average molecular weight is 277 g/mol. The van der Waals surface area contributed by atoms with Gasteiger partial charge in [-0.1, -0.05) is 18.3 Å². The van der Waals surface area contributed by atoms with Crippen LogP contribution >= 0.6 is 11.3 Å². The van der Waals surface area contributed by atoms with Gasteiger partial charge in [0.1, 0.15) is 11.3 Å². The summed E-state index contributed by atoms with van der Waals surface area (Å²) in [5.41, 5.74) is 7.16. The Labute approximate surface area is 114 Å². The molecule has 2 atom stereocenters. The molecule has 0 aliphatic heterocycles. The van der Waals surface area contributed by atoms with Crippen LogP contribution in [0.5, 0.6) is 5.75 Å². The molecule has 0 spiro atoms. The van der Waals surface area contributed by atoms with Crippen LogP contribution in [0.4, 0.5) is 10.8 Å². The highest BCUT2D eigenvalue weighted by Gasteiger charge is 2.39. The number of hydrogen-bond donors (Lipinski definition) is 2. The largest absolute Gasteiger partial charge is 0.494 e. The quantitative estimate of drug-likeness (QED) is 0.845. The Morgan fingerprint density at radius 3 is 2.95 bits per heavy atom. The van der Waals surface area contributed by atoms with Crippen LogP contribution in [0.3, 0.4) is 0 Å². The van der Waals surface area contributed by atoms with Gasteiger partial charge in [0.15, 0.2) is 5.13 Å². The van der Waals surface area contributed by atoms with E-state index in [1.54, 1.807) is 13.2 Å². The van der Waals surface area contributed by atoms with Crippen LogP contribution in [-0.2, 0) is 4.79 Å². The molecule has 1 heterocycles. The lowest BCUT2D eigenvalue weighted by atomic mass is 10.3. The van der Waals surface area contributed by atoms with Gasteiger partial charge in [-0.2, -0.15) is 0 Å². The lowest BCUT2D eigenvalue weighted by molar-refractivity contribution is -0.117. The number of anilines is 2. The Kier molecular flexibility index (Phi) is 2.82. The summed E-state index contributed by atoms with van der Waals surface area (Å²) < 4.78 is 6.17. The fourth-order valence-corrected chi connectivity index (χ4v) is 3.05. The zero-order valence-electron chi connectivity index (χ0n) is 10.8. The summed E-state index contributed by atoms with van der Waals surface area (Å²) in [4.78, 5) is 16.3. The number of nitrogen functional groups attached to an aromatic ring is 1. The molecule has 1 aromatic heterocycles. The number of carbonyl (C=O) groups excluding carboxylic acids is 1. The number of aromatic nitrogens is 1. The second-order valence-corrected chi connectivity index (χ2v) is 5.93. The monoisotopic (exact) mass is 277 g/mol. The molecule has 0 bridgehead atoms. The second-order valence-electron chi connectivity index (χ2n) is 4.90. The number of thiazole rings is 1. The molecule has 2 aromatic rings. The minimum Gasteiger partial charge on any atom is -0.494 e. The SMILES string of the molecule is COc1cc(N)cc2sc(NC(=O)C3CC3C)nc12. The lowest BCUT2D eigenvalue weighted by Gasteiger charge is -2.01. The van der Waals surface area contributed by atoms with E-state index in [4.69, 9.17) is 10.5 Å².